The Labute approximate surface area is 153 Å². The summed E-state index contributed by atoms with van der Waals surface area (Å²) in [6, 6.07) is 23.0. The predicted molar refractivity (Wildman–Crippen MR) is 103 cm³/mol. The number of nitrogens with one attached hydrogen (secondary N) is 1. The van der Waals surface area contributed by atoms with Crippen molar-refractivity contribution in [1.29, 1.82) is 0 Å². The molecule has 0 aliphatic carbocycles. The van der Waals surface area contributed by atoms with E-state index in [1.54, 1.807) is 7.11 Å². The van der Waals surface area contributed by atoms with Crippen molar-refractivity contribution in [2.24, 2.45) is 0 Å². The number of hydrogen-bond acceptors (Lipinski definition) is 5. The number of methoxy groups -OCH3 is 1. The number of nitrogens with zero attached hydrogens (tertiary/aromatic N) is 2. The first-order chi connectivity index (χ1) is 12.7. The third-order valence-electron chi connectivity index (χ3n) is 4.77. The quantitative estimate of drug-likeness (QED) is 0.762. The standard InChI is InChI=1S/C21H23N3O2/c1-23-21(17-8-10-19(25-2)11-9-17)14-24(22-23)15-26-20-12-7-16-5-3-4-6-18(16)13-20/h3-13,21-22H,14-15H2,1-2H3. The van der Waals surface area contributed by atoms with Crippen molar-refractivity contribution < 1.29 is 9.47 Å². The number of fused-ring (bicyclic) bond motifs is 1. The molecule has 1 aliphatic rings. The monoisotopic (exact) mass is 349 g/mol. The molecule has 134 valence electrons. The average Bonchev–Trinajstić information content (AvgIpc) is 3.07. The van der Waals surface area contributed by atoms with E-state index in [9.17, 15) is 0 Å². The molecular weight excluding hydrogens is 326 g/mol. The molecule has 1 fully saturated rings. The average molecular weight is 349 g/mol. The van der Waals surface area contributed by atoms with Gasteiger partial charge in [0.1, 0.15) is 11.5 Å². The molecule has 26 heavy (non-hydrogen) atoms. The van der Waals surface area contributed by atoms with Crippen LogP contribution in [-0.4, -0.2) is 37.5 Å². The third-order valence-corrected chi connectivity index (χ3v) is 4.77. The summed E-state index contributed by atoms with van der Waals surface area (Å²) < 4.78 is 11.2. The van der Waals surface area contributed by atoms with Crippen LogP contribution in [0, 0.1) is 0 Å². The van der Waals surface area contributed by atoms with Crippen LogP contribution in [0.2, 0.25) is 0 Å². The highest BCUT2D eigenvalue weighted by Crippen LogP contribution is 2.26. The summed E-state index contributed by atoms with van der Waals surface area (Å²) in [5.41, 5.74) is 4.59. The van der Waals surface area contributed by atoms with E-state index in [1.807, 2.05) is 37.4 Å². The van der Waals surface area contributed by atoms with Crippen molar-refractivity contribution >= 4 is 10.8 Å². The normalized spacial score (nSPS) is 18.3. The van der Waals surface area contributed by atoms with Gasteiger partial charge in [0.15, 0.2) is 6.73 Å². The van der Waals surface area contributed by atoms with E-state index in [-0.39, 0.29) is 6.04 Å². The summed E-state index contributed by atoms with van der Waals surface area (Å²) in [5, 5.41) is 6.58. The second-order valence-electron chi connectivity index (χ2n) is 6.50. The van der Waals surface area contributed by atoms with Crippen LogP contribution in [0.3, 0.4) is 0 Å². The van der Waals surface area contributed by atoms with Gasteiger partial charge in [-0.3, -0.25) is 0 Å². The van der Waals surface area contributed by atoms with E-state index >= 15 is 0 Å². The molecule has 3 aromatic carbocycles. The Kier molecular flexibility index (Phi) is 4.75. The first-order valence-corrected chi connectivity index (χ1v) is 8.72. The zero-order chi connectivity index (χ0) is 17.9. The lowest BCUT2D eigenvalue weighted by Gasteiger charge is -2.18. The summed E-state index contributed by atoms with van der Waals surface area (Å²) in [6.45, 7) is 1.33. The van der Waals surface area contributed by atoms with Crippen LogP contribution in [0.5, 0.6) is 11.5 Å². The first kappa shape index (κ1) is 16.8. The number of likely N-dealkylation sites (N-methyl/N-ethyl adjacent to an activating group) is 1. The van der Waals surface area contributed by atoms with Crippen LogP contribution in [0.15, 0.2) is 66.7 Å². The summed E-state index contributed by atoms with van der Waals surface area (Å²) in [4.78, 5) is 0. The second-order valence-corrected chi connectivity index (χ2v) is 6.50. The van der Waals surface area contributed by atoms with Gasteiger partial charge >= 0.3 is 0 Å². The Bertz CT molecular complexity index is 882. The molecule has 5 nitrogen and oxygen atoms in total. The first-order valence-electron chi connectivity index (χ1n) is 8.72. The molecule has 1 saturated heterocycles. The molecule has 1 N–H and O–H groups in total. The minimum absolute atomic E-state index is 0.265. The maximum Gasteiger partial charge on any atom is 0.155 e. The molecule has 0 bridgehead atoms. The molecule has 1 unspecified atom stereocenters. The van der Waals surface area contributed by atoms with Crippen LogP contribution in [0.1, 0.15) is 11.6 Å². The smallest absolute Gasteiger partial charge is 0.155 e. The molecule has 5 heteroatoms. The number of rotatable bonds is 5. The molecule has 1 aliphatic heterocycles. The van der Waals surface area contributed by atoms with E-state index in [0.29, 0.717) is 6.73 Å². The van der Waals surface area contributed by atoms with E-state index in [1.165, 1.54) is 16.3 Å². The lowest BCUT2D eigenvalue weighted by Crippen LogP contribution is -2.39. The fourth-order valence-corrected chi connectivity index (χ4v) is 3.31. The van der Waals surface area contributed by atoms with E-state index in [4.69, 9.17) is 9.47 Å². The van der Waals surface area contributed by atoms with Crippen molar-refractivity contribution in [2.75, 3.05) is 27.4 Å². The van der Waals surface area contributed by atoms with Crippen LogP contribution >= 0.6 is 0 Å². The van der Waals surface area contributed by atoms with Gasteiger partial charge < -0.3 is 9.47 Å². The molecule has 0 aromatic heterocycles. The summed E-state index contributed by atoms with van der Waals surface area (Å²) in [5.74, 6) is 1.75. The maximum absolute atomic E-state index is 5.98. The van der Waals surface area contributed by atoms with Gasteiger partial charge in [-0.05, 0) is 40.6 Å². The van der Waals surface area contributed by atoms with Crippen molar-refractivity contribution in [3.05, 3.63) is 72.3 Å². The predicted octanol–water partition coefficient (Wildman–Crippen LogP) is 3.59. The summed E-state index contributed by atoms with van der Waals surface area (Å²) in [6.07, 6.45) is 0. The molecular formula is C21H23N3O2. The van der Waals surface area contributed by atoms with Gasteiger partial charge in [0, 0.05) is 13.6 Å². The molecule has 0 saturated carbocycles. The highest BCUT2D eigenvalue weighted by molar-refractivity contribution is 5.83. The van der Waals surface area contributed by atoms with Crippen molar-refractivity contribution in [3.63, 3.8) is 0 Å². The van der Waals surface area contributed by atoms with E-state index in [2.05, 4.69) is 52.0 Å². The zero-order valence-corrected chi connectivity index (χ0v) is 15.1. The van der Waals surface area contributed by atoms with Crippen molar-refractivity contribution in [1.82, 2.24) is 15.6 Å². The summed E-state index contributed by atoms with van der Waals surface area (Å²) >= 11 is 0. The van der Waals surface area contributed by atoms with Gasteiger partial charge in [-0.25, -0.2) is 5.01 Å². The number of benzene rings is 3. The molecule has 0 radical (unpaired) electrons. The van der Waals surface area contributed by atoms with Crippen LogP contribution in [0.4, 0.5) is 0 Å². The van der Waals surface area contributed by atoms with Gasteiger partial charge in [-0.1, -0.05) is 42.5 Å². The molecule has 1 heterocycles. The number of ether oxygens (including phenoxy) is 2. The number of hydrogen-bond donors (Lipinski definition) is 1. The Morgan fingerprint density at radius 3 is 2.46 bits per heavy atom. The lowest BCUT2D eigenvalue weighted by atomic mass is 10.1. The van der Waals surface area contributed by atoms with Crippen LogP contribution in [0.25, 0.3) is 10.8 Å². The SMILES string of the molecule is COc1ccc(C2CN(COc3ccc4ccccc4c3)NN2C)cc1. The third kappa shape index (κ3) is 3.51. The Balaban J connectivity index is 1.39. The minimum Gasteiger partial charge on any atom is -0.497 e. The van der Waals surface area contributed by atoms with Crippen molar-refractivity contribution in [3.8, 4) is 11.5 Å². The van der Waals surface area contributed by atoms with Crippen LogP contribution < -0.4 is 15.0 Å². The molecule has 1 atom stereocenters. The van der Waals surface area contributed by atoms with Gasteiger partial charge in [-0.15, -0.1) is 0 Å². The highest BCUT2D eigenvalue weighted by Gasteiger charge is 2.28. The fraction of sp³-hybridized carbons (Fsp3) is 0.238. The van der Waals surface area contributed by atoms with Gasteiger partial charge in [0.2, 0.25) is 0 Å². The van der Waals surface area contributed by atoms with E-state index < -0.39 is 0 Å². The van der Waals surface area contributed by atoms with Crippen molar-refractivity contribution in [2.45, 2.75) is 6.04 Å². The fourth-order valence-electron chi connectivity index (χ4n) is 3.31. The molecule has 4 rings (SSSR count). The Hall–Kier alpha value is -2.60. The van der Waals surface area contributed by atoms with Gasteiger partial charge in [-0.2, -0.15) is 10.5 Å². The molecule has 0 amide bonds. The van der Waals surface area contributed by atoms with Crippen LogP contribution in [-0.2, 0) is 0 Å². The molecule has 0 spiro atoms. The topological polar surface area (TPSA) is 37.0 Å². The maximum atomic E-state index is 5.98. The minimum atomic E-state index is 0.265. The van der Waals surface area contributed by atoms with E-state index in [0.717, 1.165) is 18.0 Å². The van der Waals surface area contributed by atoms with Gasteiger partial charge in [0.25, 0.3) is 0 Å². The largest absolute Gasteiger partial charge is 0.497 e. The molecule has 3 aromatic rings. The second kappa shape index (κ2) is 7.33. The Morgan fingerprint density at radius 1 is 0.962 bits per heavy atom. The zero-order valence-electron chi connectivity index (χ0n) is 15.1. The lowest BCUT2D eigenvalue weighted by molar-refractivity contribution is 0.0594. The van der Waals surface area contributed by atoms with Gasteiger partial charge in [0.05, 0.1) is 13.2 Å². The highest BCUT2D eigenvalue weighted by atomic mass is 16.5. The summed E-state index contributed by atoms with van der Waals surface area (Å²) in [7, 11) is 3.73. The number of hydrazine groups is 2. The Morgan fingerprint density at radius 2 is 1.69 bits per heavy atom.